The van der Waals surface area contributed by atoms with Gasteiger partial charge in [0.05, 0.1) is 0 Å². The minimum absolute atomic E-state index is 0.718. The molecule has 2 saturated carbocycles. The summed E-state index contributed by atoms with van der Waals surface area (Å²) in [5.74, 6) is 0.964. The van der Waals surface area contributed by atoms with Gasteiger partial charge in [0, 0.05) is 12.6 Å². The molecule has 2 rings (SSSR count). The van der Waals surface area contributed by atoms with Gasteiger partial charge in [0.25, 0.3) is 0 Å². The Hall–Kier alpha value is -0.0400. The van der Waals surface area contributed by atoms with Gasteiger partial charge in [-0.1, -0.05) is 33.1 Å². The summed E-state index contributed by atoms with van der Waals surface area (Å²) in [6.07, 6.45) is 11.5. The van der Waals surface area contributed by atoms with Crippen LogP contribution in [0.25, 0.3) is 0 Å². The van der Waals surface area contributed by atoms with Crippen LogP contribution in [-0.4, -0.2) is 12.6 Å². The van der Waals surface area contributed by atoms with Crippen LogP contribution in [0.3, 0.4) is 0 Å². The molecule has 2 fully saturated rings. The van der Waals surface area contributed by atoms with E-state index in [1.54, 1.807) is 0 Å². The molecule has 2 aliphatic carbocycles. The Labute approximate surface area is 95.0 Å². The van der Waals surface area contributed by atoms with Gasteiger partial charge in [-0.25, -0.2) is 0 Å². The highest BCUT2D eigenvalue weighted by molar-refractivity contribution is 4.95. The Bertz CT molecular complexity index is 196. The standard InChI is InChI=1S/C14H27N/c1-3-12-7-5-6-8-13(12)15-11-14(4-2)9-10-14/h12-13,15H,3-11H2,1-2H3. The van der Waals surface area contributed by atoms with Gasteiger partial charge in [0.2, 0.25) is 0 Å². The lowest BCUT2D eigenvalue weighted by atomic mass is 9.82. The molecule has 2 unspecified atom stereocenters. The molecule has 2 atom stereocenters. The third-order valence-electron chi connectivity index (χ3n) is 4.88. The van der Waals surface area contributed by atoms with E-state index in [1.807, 2.05) is 0 Å². The first-order valence-corrected chi connectivity index (χ1v) is 7.03. The van der Waals surface area contributed by atoms with Crippen molar-refractivity contribution in [2.45, 2.75) is 71.3 Å². The number of nitrogens with one attached hydrogen (secondary N) is 1. The predicted octanol–water partition coefficient (Wildman–Crippen LogP) is 3.74. The van der Waals surface area contributed by atoms with Crippen molar-refractivity contribution in [2.75, 3.05) is 6.54 Å². The van der Waals surface area contributed by atoms with Crippen molar-refractivity contribution in [1.82, 2.24) is 5.32 Å². The first-order chi connectivity index (χ1) is 7.29. The van der Waals surface area contributed by atoms with Crippen molar-refractivity contribution < 1.29 is 0 Å². The van der Waals surface area contributed by atoms with Crippen molar-refractivity contribution in [3.63, 3.8) is 0 Å². The second-order valence-corrected chi connectivity index (χ2v) is 5.79. The number of rotatable bonds is 5. The zero-order valence-electron chi connectivity index (χ0n) is 10.5. The Morgan fingerprint density at radius 3 is 2.47 bits per heavy atom. The van der Waals surface area contributed by atoms with Crippen LogP contribution in [0.15, 0.2) is 0 Å². The summed E-state index contributed by atoms with van der Waals surface area (Å²) in [4.78, 5) is 0. The molecule has 0 bridgehead atoms. The largest absolute Gasteiger partial charge is 0.313 e. The second-order valence-electron chi connectivity index (χ2n) is 5.79. The Morgan fingerprint density at radius 2 is 1.87 bits per heavy atom. The molecule has 0 aliphatic heterocycles. The quantitative estimate of drug-likeness (QED) is 0.727. The summed E-state index contributed by atoms with van der Waals surface area (Å²) in [6, 6.07) is 0.841. The van der Waals surface area contributed by atoms with Crippen molar-refractivity contribution in [3.05, 3.63) is 0 Å². The SMILES string of the molecule is CCC1CCCCC1NCC1(CC)CC1. The predicted molar refractivity (Wildman–Crippen MR) is 66.0 cm³/mol. The van der Waals surface area contributed by atoms with Crippen molar-refractivity contribution in [3.8, 4) is 0 Å². The maximum Gasteiger partial charge on any atom is 0.00954 e. The molecule has 1 nitrogen and oxygen atoms in total. The van der Waals surface area contributed by atoms with Gasteiger partial charge in [0.1, 0.15) is 0 Å². The zero-order chi connectivity index (χ0) is 10.7. The molecule has 0 heterocycles. The molecule has 0 aromatic rings. The van der Waals surface area contributed by atoms with Crippen LogP contribution in [0.1, 0.15) is 65.2 Å². The smallest absolute Gasteiger partial charge is 0.00954 e. The number of hydrogen-bond donors (Lipinski definition) is 1. The molecule has 0 aromatic carbocycles. The van der Waals surface area contributed by atoms with Crippen molar-refractivity contribution >= 4 is 0 Å². The minimum atomic E-state index is 0.718. The van der Waals surface area contributed by atoms with Crippen LogP contribution in [0.2, 0.25) is 0 Å². The first-order valence-electron chi connectivity index (χ1n) is 7.03. The van der Waals surface area contributed by atoms with Crippen LogP contribution >= 0.6 is 0 Å². The fourth-order valence-electron chi connectivity index (χ4n) is 3.14. The molecule has 0 amide bonds. The summed E-state index contributed by atoms with van der Waals surface area (Å²) in [5.41, 5.74) is 0.718. The fraction of sp³-hybridized carbons (Fsp3) is 1.00. The normalized spacial score (nSPS) is 34.0. The molecule has 0 spiro atoms. The Kier molecular flexibility index (Phi) is 3.71. The summed E-state index contributed by atoms with van der Waals surface area (Å²) in [6.45, 7) is 6.01. The second kappa shape index (κ2) is 4.86. The van der Waals surface area contributed by atoms with Gasteiger partial charge in [-0.15, -0.1) is 0 Å². The van der Waals surface area contributed by atoms with E-state index in [2.05, 4.69) is 19.2 Å². The molecule has 15 heavy (non-hydrogen) atoms. The molecule has 1 heteroatoms. The van der Waals surface area contributed by atoms with E-state index >= 15 is 0 Å². The zero-order valence-corrected chi connectivity index (χ0v) is 10.5. The van der Waals surface area contributed by atoms with Gasteiger partial charge in [-0.2, -0.15) is 0 Å². The lowest BCUT2D eigenvalue weighted by Crippen LogP contribution is -2.41. The van der Waals surface area contributed by atoms with E-state index in [-0.39, 0.29) is 0 Å². The summed E-state index contributed by atoms with van der Waals surface area (Å²) >= 11 is 0. The third-order valence-corrected chi connectivity index (χ3v) is 4.88. The monoisotopic (exact) mass is 209 g/mol. The highest BCUT2D eigenvalue weighted by atomic mass is 14.9. The van der Waals surface area contributed by atoms with E-state index in [4.69, 9.17) is 0 Å². The number of hydrogen-bond acceptors (Lipinski definition) is 1. The van der Waals surface area contributed by atoms with Gasteiger partial charge < -0.3 is 5.32 Å². The molecule has 0 saturated heterocycles. The molecule has 88 valence electrons. The summed E-state index contributed by atoms with van der Waals surface area (Å²) < 4.78 is 0. The average molecular weight is 209 g/mol. The van der Waals surface area contributed by atoms with E-state index in [1.165, 1.54) is 57.9 Å². The average Bonchev–Trinajstić information content (AvgIpc) is 3.07. The lowest BCUT2D eigenvalue weighted by molar-refractivity contribution is 0.240. The van der Waals surface area contributed by atoms with Crippen LogP contribution in [0, 0.1) is 11.3 Å². The van der Waals surface area contributed by atoms with Gasteiger partial charge in [-0.05, 0) is 43.4 Å². The van der Waals surface area contributed by atoms with Gasteiger partial charge >= 0.3 is 0 Å². The molecule has 0 radical (unpaired) electrons. The Balaban J connectivity index is 1.77. The van der Waals surface area contributed by atoms with Crippen LogP contribution in [0.5, 0.6) is 0 Å². The van der Waals surface area contributed by atoms with Crippen LogP contribution in [0.4, 0.5) is 0 Å². The van der Waals surface area contributed by atoms with Crippen LogP contribution < -0.4 is 5.32 Å². The van der Waals surface area contributed by atoms with E-state index < -0.39 is 0 Å². The first kappa shape index (κ1) is 11.4. The minimum Gasteiger partial charge on any atom is -0.313 e. The molecule has 1 N–H and O–H groups in total. The lowest BCUT2D eigenvalue weighted by Gasteiger charge is -2.33. The molecule has 0 aromatic heterocycles. The van der Waals surface area contributed by atoms with Crippen molar-refractivity contribution in [1.29, 1.82) is 0 Å². The Morgan fingerprint density at radius 1 is 1.13 bits per heavy atom. The van der Waals surface area contributed by atoms with E-state index in [0.717, 1.165) is 17.4 Å². The summed E-state index contributed by atoms with van der Waals surface area (Å²) in [7, 11) is 0. The van der Waals surface area contributed by atoms with Crippen LogP contribution in [-0.2, 0) is 0 Å². The fourth-order valence-corrected chi connectivity index (χ4v) is 3.14. The van der Waals surface area contributed by atoms with E-state index in [0.29, 0.717) is 0 Å². The maximum atomic E-state index is 3.88. The van der Waals surface area contributed by atoms with E-state index in [9.17, 15) is 0 Å². The third kappa shape index (κ3) is 2.75. The van der Waals surface area contributed by atoms with Gasteiger partial charge in [-0.3, -0.25) is 0 Å². The molecular formula is C14H27N. The molecular weight excluding hydrogens is 182 g/mol. The highest BCUT2D eigenvalue weighted by Gasteiger charge is 2.40. The van der Waals surface area contributed by atoms with Gasteiger partial charge in [0.15, 0.2) is 0 Å². The summed E-state index contributed by atoms with van der Waals surface area (Å²) in [5, 5.41) is 3.88. The maximum absolute atomic E-state index is 3.88. The highest BCUT2D eigenvalue weighted by Crippen LogP contribution is 2.48. The molecule has 2 aliphatic rings. The topological polar surface area (TPSA) is 12.0 Å². The van der Waals surface area contributed by atoms with Crippen molar-refractivity contribution in [2.24, 2.45) is 11.3 Å².